The number of carbonyl (C=O) groups excluding carboxylic acids is 4. The summed E-state index contributed by atoms with van der Waals surface area (Å²) < 4.78 is 0. The van der Waals surface area contributed by atoms with E-state index >= 15 is 0 Å². The number of rotatable bonds is 12. The van der Waals surface area contributed by atoms with Crippen molar-refractivity contribution in [1.29, 1.82) is 0 Å². The fraction of sp³-hybridized carbons (Fsp3) is 0.833. The van der Waals surface area contributed by atoms with E-state index in [0.29, 0.717) is 12.8 Å². The maximum absolute atomic E-state index is 10.3. The second kappa shape index (κ2) is 29.3. The van der Waals surface area contributed by atoms with Gasteiger partial charge >= 0.3 is 41.7 Å². The van der Waals surface area contributed by atoms with Gasteiger partial charge in [0.05, 0.1) is 0 Å². The minimum Gasteiger partial charge on any atom is -0.550 e. The molecule has 2 unspecified atom stereocenters. The summed E-state index contributed by atoms with van der Waals surface area (Å²) in [5.41, 5.74) is 0. The first-order valence-electron chi connectivity index (χ1n) is 11.6. The van der Waals surface area contributed by atoms with E-state index in [0.717, 1.165) is 38.5 Å². The summed E-state index contributed by atoms with van der Waals surface area (Å²) in [7, 11) is 0. The Kier molecular flexibility index (Phi) is 37.6. The molecule has 0 rings (SSSR count). The SMILES string of the molecule is CC(C)C(=O)[O-].CC(C)C(=O)[O-].CCCCC(CC)C(=O)[O-].CCCCC(CC)C(=O)[O-].[Ce+4]. The molecule has 2 atom stereocenters. The average Bonchev–Trinajstić information content (AvgIpc) is 2.70. The summed E-state index contributed by atoms with van der Waals surface area (Å²) in [6, 6.07) is 0. The van der Waals surface area contributed by atoms with Gasteiger partial charge in [0.25, 0.3) is 0 Å². The molecule has 0 saturated heterocycles. The molecule has 0 aromatic heterocycles. The van der Waals surface area contributed by atoms with Crippen molar-refractivity contribution in [1.82, 2.24) is 0 Å². The Morgan fingerprint density at radius 2 is 0.758 bits per heavy atom. The third kappa shape index (κ3) is 36.0. The van der Waals surface area contributed by atoms with Crippen LogP contribution in [0.4, 0.5) is 0 Å². The van der Waals surface area contributed by atoms with Crippen LogP contribution in [0.25, 0.3) is 0 Å². The van der Waals surface area contributed by atoms with Crippen LogP contribution in [-0.2, 0) is 19.2 Å². The summed E-state index contributed by atoms with van der Waals surface area (Å²) in [6.07, 6.45) is 7.04. The number of carboxylic acids is 4. The number of hydrogen-bond acceptors (Lipinski definition) is 8. The van der Waals surface area contributed by atoms with Gasteiger partial charge in [0, 0.05) is 23.9 Å². The topological polar surface area (TPSA) is 161 Å². The van der Waals surface area contributed by atoms with Crippen LogP contribution in [0.5, 0.6) is 0 Å². The first-order chi connectivity index (χ1) is 14.7. The normalized spacial score (nSPS) is 11.2. The van der Waals surface area contributed by atoms with Gasteiger partial charge in [-0.1, -0.05) is 81.1 Å². The molecule has 0 radical (unpaired) electrons. The largest absolute Gasteiger partial charge is 4.00 e. The summed E-state index contributed by atoms with van der Waals surface area (Å²) in [6.45, 7) is 14.2. The number of hydrogen-bond donors (Lipinski definition) is 0. The molecule has 0 fully saturated rings. The minimum atomic E-state index is -0.991. The van der Waals surface area contributed by atoms with E-state index in [1.807, 2.05) is 13.8 Å². The monoisotopic (exact) mass is 600 g/mol. The predicted molar refractivity (Wildman–Crippen MR) is 116 cm³/mol. The van der Waals surface area contributed by atoms with Gasteiger partial charge in [0.2, 0.25) is 0 Å². The van der Waals surface area contributed by atoms with Crippen LogP contribution in [0.3, 0.4) is 0 Å². The molecule has 192 valence electrons. The molecule has 0 aliphatic rings. The summed E-state index contributed by atoms with van der Waals surface area (Å²) in [5, 5.41) is 39.8. The zero-order valence-electron chi connectivity index (χ0n) is 21.7. The summed E-state index contributed by atoms with van der Waals surface area (Å²) in [5.74, 6) is -4.90. The Morgan fingerprint density at radius 1 is 0.545 bits per heavy atom. The maximum atomic E-state index is 10.3. The van der Waals surface area contributed by atoms with Gasteiger partial charge in [-0.25, -0.2) is 0 Å². The van der Waals surface area contributed by atoms with E-state index in [-0.39, 0.29) is 65.4 Å². The summed E-state index contributed by atoms with van der Waals surface area (Å²) >= 11 is 0. The molecule has 0 amide bonds. The minimum absolute atomic E-state index is 0. The fourth-order valence-electron chi connectivity index (χ4n) is 1.88. The Bertz CT molecular complexity index is 449. The molecule has 0 saturated carbocycles. The third-order valence-electron chi connectivity index (χ3n) is 4.41. The Labute approximate surface area is 234 Å². The van der Waals surface area contributed by atoms with E-state index in [9.17, 15) is 39.6 Å². The van der Waals surface area contributed by atoms with Crippen LogP contribution in [0.2, 0.25) is 0 Å². The van der Waals surface area contributed by atoms with Gasteiger partial charge in [0.15, 0.2) is 0 Å². The molecular weight excluding hydrogens is 556 g/mol. The van der Waals surface area contributed by atoms with Crippen molar-refractivity contribution in [2.75, 3.05) is 0 Å². The Balaban J connectivity index is -0.000000108. The van der Waals surface area contributed by atoms with Crippen LogP contribution in [0.1, 0.15) is 107 Å². The molecule has 0 heterocycles. The second-order valence-electron chi connectivity index (χ2n) is 8.08. The molecule has 0 aromatic rings. The third-order valence-corrected chi connectivity index (χ3v) is 4.41. The molecule has 33 heavy (non-hydrogen) atoms. The van der Waals surface area contributed by atoms with Gasteiger partial charge in [0.1, 0.15) is 0 Å². The predicted octanol–water partition coefficient (Wildman–Crippen LogP) is 0.690. The van der Waals surface area contributed by atoms with Crippen molar-refractivity contribution in [2.24, 2.45) is 23.7 Å². The summed E-state index contributed by atoms with van der Waals surface area (Å²) in [4.78, 5) is 39.8. The van der Waals surface area contributed by atoms with E-state index in [4.69, 9.17) is 0 Å². The fourth-order valence-corrected chi connectivity index (χ4v) is 1.88. The zero-order valence-corrected chi connectivity index (χ0v) is 24.9. The Hall–Kier alpha value is -0.743. The first kappa shape index (κ1) is 42.4. The second-order valence-corrected chi connectivity index (χ2v) is 8.08. The molecular formula is C24H44CeO8. The molecule has 0 aromatic carbocycles. The molecule has 0 N–H and O–H groups in total. The van der Waals surface area contributed by atoms with Crippen LogP contribution >= 0.6 is 0 Å². The standard InChI is InChI=1S/2C8H16O2.2C4H8O2.Ce/c2*1-3-5-6-7(4-2)8(9)10;2*1-3(2)4(5)6;/h2*7H,3-6H2,1-2H3,(H,9,10);2*3H,1-2H3,(H,5,6);/q;;;;+4/p-4. The van der Waals surface area contributed by atoms with Gasteiger partial charge in [-0.2, -0.15) is 0 Å². The van der Waals surface area contributed by atoms with E-state index in [1.54, 1.807) is 27.7 Å². The molecule has 0 aliphatic carbocycles. The van der Waals surface area contributed by atoms with E-state index < -0.39 is 23.9 Å². The number of aliphatic carboxylic acids is 4. The first-order valence-corrected chi connectivity index (χ1v) is 11.6. The molecule has 0 bridgehead atoms. The van der Waals surface area contributed by atoms with Crippen LogP contribution < -0.4 is 20.4 Å². The van der Waals surface area contributed by atoms with Crippen LogP contribution in [-0.4, -0.2) is 23.9 Å². The number of unbranched alkanes of at least 4 members (excludes halogenated alkanes) is 2. The molecule has 8 nitrogen and oxygen atoms in total. The van der Waals surface area contributed by atoms with Gasteiger partial charge in [-0.15, -0.1) is 0 Å². The maximum Gasteiger partial charge on any atom is 4.00 e. The van der Waals surface area contributed by atoms with Gasteiger partial charge < -0.3 is 39.6 Å². The van der Waals surface area contributed by atoms with E-state index in [1.165, 1.54) is 0 Å². The van der Waals surface area contributed by atoms with Crippen molar-refractivity contribution in [3.8, 4) is 0 Å². The average molecular weight is 601 g/mol. The molecule has 9 heteroatoms. The van der Waals surface area contributed by atoms with E-state index in [2.05, 4.69) is 13.8 Å². The van der Waals surface area contributed by atoms with Crippen molar-refractivity contribution in [2.45, 2.75) is 107 Å². The van der Waals surface area contributed by atoms with Gasteiger partial charge in [-0.3, -0.25) is 0 Å². The van der Waals surface area contributed by atoms with Crippen molar-refractivity contribution >= 4 is 23.9 Å². The number of carbonyl (C=O) groups is 4. The zero-order chi connectivity index (χ0) is 26.3. The number of carboxylic acid groups (broad SMARTS) is 4. The quantitative estimate of drug-likeness (QED) is 0.316. The Morgan fingerprint density at radius 3 is 0.848 bits per heavy atom. The smallest absolute Gasteiger partial charge is 0.550 e. The van der Waals surface area contributed by atoms with Crippen molar-refractivity contribution in [3.63, 3.8) is 0 Å². The molecule has 0 aliphatic heterocycles. The van der Waals surface area contributed by atoms with Crippen LogP contribution in [0.15, 0.2) is 0 Å². The molecule has 0 spiro atoms. The van der Waals surface area contributed by atoms with Crippen LogP contribution in [0, 0.1) is 65.4 Å². The van der Waals surface area contributed by atoms with Crippen molar-refractivity contribution in [3.05, 3.63) is 0 Å². The van der Waals surface area contributed by atoms with Crippen molar-refractivity contribution < 1.29 is 81.4 Å². The van der Waals surface area contributed by atoms with Gasteiger partial charge in [-0.05, 0) is 49.4 Å².